The minimum absolute atomic E-state index is 0.0620. The Hall–Kier alpha value is 0.250. The zero-order valence-electron chi connectivity index (χ0n) is 8.39. The highest BCUT2D eigenvalue weighted by atomic mass is 35.5. The van der Waals surface area contributed by atoms with Crippen LogP contribution in [0.15, 0.2) is 0 Å². The Morgan fingerprint density at radius 1 is 1.08 bits per heavy atom. The molecular weight excluding hydrogens is 172 g/mol. The largest absolute Gasteiger partial charge is 0.392 e. The molecule has 0 amide bonds. The Bertz CT molecular complexity index is 155. The van der Waals surface area contributed by atoms with E-state index in [0.29, 0.717) is 0 Å². The molecule has 1 N–H and O–H groups in total. The minimum Gasteiger partial charge on any atom is -0.392 e. The molecule has 0 saturated heterocycles. The molecule has 2 unspecified atom stereocenters. The molecular formula is C10H19ClO. The number of hydrogen-bond donors (Lipinski definition) is 1. The van der Waals surface area contributed by atoms with Gasteiger partial charge in [-0.05, 0) is 23.7 Å². The summed E-state index contributed by atoms with van der Waals surface area (Å²) in [5.41, 5.74) is 0.427. The van der Waals surface area contributed by atoms with Gasteiger partial charge in [0.1, 0.15) is 0 Å². The van der Waals surface area contributed by atoms with Gasteiger partial charge in [0, 0.05) is 0 Å². The molecule has 1 rings (SSSR count). The molecule has 0 bridgehead atoms. The van der Waals surface area contributed by atoms with Crippen LogP contribution in [-0.2, 0) is 0 Å². The van der Waals surface area contributed by atoms with Gasteiger partial charge in [-0.2, -0.15) is 0 Å². The molecule has 0 radical (unpaired) electrons. The first-order valence-electron chi connectivity index (χ1n) is 4.58. The van der Waals surface area contributed by atoms with Crippen molar-refractivity contribution in [2.45, 2.75) is 52.0 Å². The van der Waals surface area contributed by atoms with Crippen LogP contribution in [0.1, 0.15) is 40.5 Å². The lowest BCUT2D eigenvalue weighted by Crippen LogP contribution is -2.46. The number of hydrogen-bond acceptors (Lipinski definition) is 1. The summed E-state index contributed by atoms with van der Waals surface area (Å²) in [6.07, 6.45) is 1.39. The van der Waals surface area contributed by atoms with E-state index in [4.69, 9.17) is 11.6 Å². The van der Waals surface area contributed by atoms with Crippen molar-refractivity contribution in [3.05, 3.63) is 0 Å². The van der Waals surface area contributed by atoms with Crippen LogP contribution in [0.3, 0.4) is 0 Å². The lowest BCUT2D eigenvalue weighted by molar-refractivity contribution is -0.0215. The van der Waals surface area contributed by atoms with Gasteiger partial charge in [0.15, 0.2) is 0 Å². The summed E-state index contributed by atoms with van der Waals surface area (Å²) in [5, 5.41) is 9.55. The SMILES string of the molecule is CC1(C)CC(O)C(Cl)CC1(C)C. The number of rotatable bonds is 0. The van der Waals surface area contributed by atoms with Gasteiger partial charge in [0.25, 0.3) is 0 Å². The maximum atomic E-state index is 9.61. The summed E-state index contributed by atoms with van der Waals surface area (Å²) in [6.45, 7) is 8.88. The third kappa shape index (κ3) is 1.62. The maximum Gasteiger partial charge on any atom is 0.0709 e. The number of aliphatic hydroxyl groups excluding tert-OH is 1. The van der Waals surface area contributed by atoms with E-state index in [1.54, 1.807) is 0 Å². The Balaban J connectivity index is 2.80. The minimum atomic E-state index is -0.324. The van der Waals surface area contributed by atoms with Crippen molar-refractivity contribution in [1.29, 1.82) is 0 Å². The predicted molar refractivity (Wildman–Crippen MR) is 52.4 cm³/mol. The number of halogens is 1. The topological polar surface area (TPSA) is 20.2 Å². The molecule has 1 aliphatic rings. The monoisotopic (exact) mass is 190 g/mol. The van der Waals surface area contributed by atoms with E-state index in [2.05, 4.69) is 27.7 Å². The second kappa shape index (κ2) is 2.88. The molecule has 1 saturated carbocycles. The Labute approximate surface area is 80.1 Å². The third-order valence-electron chi connectivity index (χ3n) is 3.67. The van der Waals surface area contributed by atoms with Crippen molar-refractivity contribution >= 4 is 11.6 Å². The van der Waals surface area contributed by atoms with Gasteiger partial charge < -0.3 is 5.11 Å². The smallest absolute Gasteiger partial charge is 0.0709 e. The molecule has 1 aliphatic carbocycles. The van der Waals surface area contributed by atoms with Gasteiger partial charge in [0.2, 0.25) is 0 Å². The quantitative estimate of drug-likeness (QED) is 0.583. The van der Waals surface area contributed by atoms with Crippen LogP contribution in [0.4, 0.5) is 0 Å². The average molecular weight is 191 g/mol. The molecule has 12 heavy (non-hydrogen) atoms. The second-order valence-corrected chi connectivity index (χ2v) is 5.82. The number of aliphatic hydroxyl groups is 1. The fourth-order valence-corrected chi connectivity index (χ4v) is 2.30. The predicted octanol–water partition coefficient (Wildman–Crippen LogP) is 2.80. The van der Waals surface area contributed by atoms with Gasteiger partial charge in [-0.25, -0.2) is 0 Å². The fraction of sp³-hybridized carbons (Fsp3) is 1.00. The summed E-state index contributed by atoms with van der Waals surface area (Å²) in [6, 6.07) is 0. The molecule has 0 aromatic rings. The summed E-state index contributed by atoms with van der Waals surface area (Å²) in [4.78, 5) is 0. The van der Waals surface area contributed by atoms with Crippen LogP contribution in [0.5, 0.6) is 0 Å². The highest BCUT2D eigenvalue weighted by Crippen LogP contribution is 2.50. The van der Waals surface area contributed by atoms with Crippen LogP contribution in [-0.4, -0.2) is 16.6 Å². The highest BCUT2D eigenvalue weighted by Gasteiger charge is 2.45. The average Bonchev–Trinajstić information content (AvgIpc) is 1.82. The van der Waals surface area contributed by atoms with Crippen LogP contribution < -0.4 is 0 Å². The zero-order valence-corrected chi connectivity index (χ0v) is 9.15. The van der Waals surface area contributed by atoms with E-state index in [1.807, 2.05) is 0 Å². The Morgan fingerprint density at radius 2 is 1.50 bits per heavy atom. The highest BCUT2D eigenvalue weighted by molar-refractivity contribution is 6.21. The van der Waals surface area contributed by atoms with Crippen molar-refractivity contribution < 1.29 is 5.11 Å². The third-order valence-corrected chi connectivity index (χ3v) is 4.12. The van der Waals surface area contributed by atoms with E-state index in [9.17, 15) is 5.11 Å². The summed E-state index contributed by atoms with van der Waals surface area (Å²) >= 11 is 6.03. The fourth-order valence-electron chi connectivity index (χ4n) is 1.83. The van der Waals surface area contributed by atoms with E-state index < -0.39 is 0 Å². The summed E-state index contributed by atoms with van der Waals surface area (Å²) in [7, 11) is 0. The Morgan fingerprint density at radius 3 is 1.92 bits per heavy atom. The molecule has 72 valence electrons. The van der Waals surface area contributed by atoms with Gasteiger partial charge in [0.05, 0.1) is 11.5 Å². The molecule has 2 heteroatoms. The molecule has 0 aliphatic heterocycles. The molecule has 0 aromatic carbocycles. The van der Waals surface area contributed by atoms with Crippen molar-refractivity contribution in [2.75, 3.05) is 0 Å². The van der Waals surface area contributed by atoms with Crippen LogP contribution in [0.25, 0.3) is 0 Å². The van der Waals surface area contributed by atoms with E-state index >= 15 is 0 Å². The maximum absolute atomic E-state index is 9.61. The molecule has 0 spiro atoms. The van der Waals surface area contributed by atoms with Gasteiger partial charge in [-0.15, -0.1) is 11.6 Å². The van der Waals surface area contributed by atoms with Gasteiger partial charge in [-0.3, -0.25) is 0 Å². The van der Waals surface area contributed by atoms with Crippen molar-refractivity contribution in [1.82, 2.24) is 0 Å². The molecule has 0 heterocycles. The first-order chi connectivity index (χ1) is 5.26. The van der Waals surface area contributed by atoms with E-state index in [0.717, 1.165) is 12.8 Å². The zero-order chi connectivity index (χ0) is 9.57. The molecule has 0 aromatic heterocycles. The lowest BCUT2D eigenvalue weighted by atomic mass is 9.59. The molecule has 1 nitrogen and oxygen atoms in total. The van der Waals surface area contributed by atoms with Crippen molar-refractivity contribution in [3.63, 3.8) is 0 Å². The normalized spacial score (nSPS) is 39.5. The van der Waals surface area contributed by atoms with Crippen molar-refractivity contribution in [2.24, 2.45) is 10.8 Å². The summed E-state index contributed by atoms with van der Waals surface area (Å²) in [5.74, 6) is 0. The molecule has 1 fully saturated rings. The lowest BCUT2D eigenvalue weighted by Gasteiger charge is -2.49. The number of alkyl halides is 1. The Kier molecular flexibility index (Phi) is 2.48. The molecule has 2 atom stereocenters. The summed E-state index contributed by atoms with van der Waals surface area (Å²) < 4.78 is 0. The van der Waals surface area contributed by atoms with E-state index in [-0.39, 0.29) is 22.3 Å². The van der Waals surface area contributed by atoms with Gasteiger partial charge in [-0.1, -0.05) is 27.7 Å². The first-order valence-corrected chi connectivity index (χ1v) is 5.02. The first kappa shape index (κ1) is 10.3. The van der Waals surface area contributed by atoms with Crippen LogP contribution in [0.2, 0.25) is 0 Å². The van der Waals surface area contributed by atoms with Crippen molar-refractivity contribution in [3.8, 4) is 0 Å². The second-order valence-electron chi connectivity index (χ2n) is 5.26. The van der Waals surface area contributed by atoms with Crippen LogP contribution >= 0.6 is 11.6 Å². The van der Waals surface area contributed by atoms with Crippen LogP contribution in [0, 0.1) is 10.8 Å². The standard InChI is InChI=1S/C10H19ClO/c1-9(2)5-7(11)8(12)6-10(9,3)4/h7-8,12H,5-6H2,1-4H3. The van der Waals surface area contributed by atoms with Gasteiger partial charge >= 0.3 is 0 Å². The van der Waals surface area contributed by atoms with E-state index in [1.165, 1.54) is 0 Å².